The van der Waals surface area contributed by atoms with Crippen molar-refractivity contribution >= 4 is 33.6 Å². The van der Waals surface area contributed by atoms with Gasteiger partial charge in [-0.25, -0.2) is 9.97 Å². The summed E-state index contributed by atoms with van der Waals surface area (Å²) in [6, 6.07) is 66.5. The molecule has 0 radical (unpaired) electrons. The number of benzene rings is 7. The van der Waals surface area contributed by atoms with Gasteiger partial charge in [-0.1, -0.05) is 189 Å². The SMILES string of the molecule is C=C/C=C(\C=C\c1cccc(-n2c3ccccc3c3ccc(-c4cccc(-c5cc(-c6ccccc6)nc(-c6ccccc6)n5)c4)cc32)c1)N(c1ccccc1)C1C=CC=CC1C. The van der Waals surface area contributed by atoms with Crippen LogP contribution in [-0.2, 0) is 0 Å². The first-order chi connectivity index (χ1) is 31.1. The number of hydrogen-bond donors (Lipinski definition) is 0. The van der Waals surface area contributed by atoms with Crippen molar-refractivity contribution in [2.75, 3.05) is 4.90 Å². The summed E-state index contributed by atoms with van der Waals surface area (Å²) in [5.41, 5.74) is 13.8. The Morgan fingerprint density at radius 1 is 0.556 bits per heavy atom. The number of aromatic nitrogens is 3. The zero-order valence-corrected chi connectivity index (χ0v) is 35.2. The van der Waals surface area contributed by atoms with Crippen molar-refractivity contribution in [3.05, 3.63) is 248 Å². The summed E-state index contributed by atoms with van der Waals surface area (Å²) in [5, 5.41) is 2.43. The Morgan fingerprint density at radius 3 is 1.97 bits per heavy atom. The maximum Gasteiger partial charge on any atom is 0.160 e. The second-order valence-electron chi connectivity index (χ2n) is 15.9. The van der Waals surface area contributed by atoms with E-state index in [1.807, 2.05) is 30.3 Å². The van der Waals surface area contributed by atoms with Gasteiger partial charge in [0.15, 0.2) is 5.82 Å². The van der Waals surface area contributed by atoms with Gasteiger partial charge in [-0.15, -0.1) is 0 Å². The van der Waals surface area contributed by atoms with Crippen LogP contribution in [0.2, 0.25) is 0 Å². The summed E-state index contributed by atoms with van der Waals surface area (Å²) >= 11 is 0. The predicted molar refractivity (Wildman–Crippen MR) is 266 cm³/mol. The molecule has 302 valence electrons. The summed E-state index contributed by atoms with van der Waals surface area (Å²) in [5.74, 6) is 1.03. The molecule has 7 aromatic carbocycles. The number of fused-ring (bicyclic) bond motifs is 3. The normalized spacial score (nSPS) is 15.0. The molecule has 10 rings (SSSR count). The highest BCUT2D eigenvalue weighted by molar-refractivity contribution is 6.10. The fourth-order valence-corrected chi connectivity index (χ4v) is 8.75. The van der Waals surface area contributed by atoms with Crippen LogP contribution in [0.4, 0.5) is 5.69 Å². The van der Waals surface area contributed by atoms with Crippen molar-refractivity contribution in [3.63, 3.8) is 0 Å². The van der Waals surface area contributed by atoms with Gasteiger partial charge in [-0.2, -0.15) is 0 Å². The zero-order chi connectivity index (χ0) is 42.5. The van der Waals surface area contributed by atoms with Gasteiger partial charge in [0.05, 0.1) is 28.5 Å². The molecule has 63 heavy (non-hydrogen) atoms. The number of rotatable bonds is 11. The van der Waals surface area contributed by atoms with E-state index >= 15 is 0 Å². The number of nitrogens with zero attached hydrogens (tertiary/aromatic N) is 4. The van der Waals surface area contributed by atoms with Crippen LogP contribution in [0.25, 0.3) is 78.6 Å². The Kier molecular flexibility index (Phi) is 10.8. The fourth-order valence-electron chi connectivity index (χ4n) is 8.75. The molecule has 0 N–H and O–H groups in total. The first-order valence-corrected chi connectivity index (χ1v) is 21.6. The maximum absolute atomic E-state index is 5.13. The summed E-state index contributed by atoms with van der Waals surface area (Å²) in [7, 11) is 0. The highest BCUT2D eigenvalue weighted by Crippen LogP contribution is 2.37. The largest absolute Gasteiger partial charge is 0.334 e. The van der Waals surface area contributed by atoms with E-state index in [1.54, 1.807) is 0 Å². The second-order valence-corrected chi connectivity index (χ2v) is 15.9. The highest BCUT2D eigenvalue weighted by Gasteiger charge is 2.24. The molecule has 1 aliphatic carbocycles. The van der Waals surface area contributed by atoms with Gasteiger partial charge < -0.3 is 9.47 Å². The van der Waals surface area contributed by atoms with Crippen molar-refractivity contribution in [2.24, 2.45) is 5.92 Å². The van der Waals surface area contributed by atoms with Gasteiger partial charge in [-0.05, 0) is 83.3 Å². The van der Waals surface area contributed by atoms with E-state index in [0.717, 1.165) is 72.9 Å². The molecule has 0 saturated carbocycles. The van der Waals surface area contributed by atoms with E-state index in [-0.39, 0.29) is 6.04 Å². The van der Waals surface area contributed by atoms with Crippen LogP contribution in [-0.4, -0.2) is 20.6 Å². The molecule has 0 aliphatic heterocycles. The lowest BCUT2D eigenvalue weighted by molar-refractivity contribution is 0.598. The van der Waals surface area contributed by atoms with Crippen LogP contribution in [0.15, 0.2) is 243 Å². The molecule has 0 amide bonds. The van der Waals surface area contributed by atoms with Crippen molar-refractivity contribution in [1.29, 1.82) is 0 Å². The number of para-hydroxylation sites is 2. The third-order valence-electron chi connectivity index (χ3n) is 11.8. The van der Waals surface area contributed by atoms with Crippen molar-refractivity contribution in [1.82, 2.24) is 14.5 Å². The van der Waals surface area contributed by atoms with Gasteiger partial charge in [0.2, 0.25) is 0 Å². The Bertz CT molecular complexity index is 3150. The summed E-state index contributed by atoms with van der Waals surface area (Å²) < 4.78 is 2.40. The van der Waals surface area contributed by atoms with E-state index in [9.17, 15) is 0 Å². The lowest BCUT2D eigenvalue weighted by atomic mass is 9.94. The van der Waals surface area contributed by atoms with E-state index in [0.29, 0.717) is 11.7 Å². The minimum Gasteiger partial charge on any atom is -0.334 e. The standard InChI is InChI=1S/C59H46N4/c1-3-19-49(62(50-28-11-6-12-29-50)56-32-15-13-20-42(56)2)36-34-43-21-17-30-51(38-43)63-57-33-16-14-31-52(57)53-37-35-47(40-58(53)63)46-26-18-27-48(39-46)55-41-54(44-22-7-4-8-23-44)60-59(61-55)45-24-9-5-10-25-45/h3-42,56H,1H2,2H3/b36-34+,49-19+. The van der Waals surface area contributed by atoms with Crippen LogP contribution >= 0.6 is 0 Å². The first-order valence-electron chi connectivity index (χ1n) is 21.6. The molecule has 1 aliphatic rings. The molecule has 2 aromatic heterocycles. The molecule has 0 fully saturated rings. The highest BCUT2D eigenvalue weighted by atomic mass is 15.2. The zero-order valence-electron chi connectivity index (χ0n) is 35.2. The molecule has 2 atom stereocenters. The fraction of sp³-hybridized carbons (Fsp3) is 0.0508. The molecule has 0 spiro atoms. The minimum atomic E-state index is 0.159. The first kappa shape index (κ1) is 39.1. The molecule has 0 bridgehead atoms. The molecular formula is C59H46N4. The number of anilines is 1. The van der Waals surface area contributed by atoms with Crippen molar-refractivity contribution in [2.45, 2.75) is 13.0 Å². The molecular weight excluding hydrogens is 765 g/mol. The Morgan fingerprint density at radius 2 is 1.19 bits per heavy atom. The topological polar surface area (TPSA) is 34.0 Å². The third kappa shape index (κ3) is 7.98. The molecule has 2 unspecified atom stereocenters. The summed E-state index contributed by atoms with van der Waals surface area (Å²) in [6.45, 7) is 6.37. The van der Waals surface area contributed by atoms with Crippen molar-refractivity contribution in [3.8, 4) is 50.7 Å². The maximum atomic E-state index is 5.13. The van der Waals surface area contributed by atoms with E-state index in [1.165, 1.54) is 10.8 Å². The third-order valence-corrected chi connectivity index (χ3v) is 11.8. The van der Waals surface area contributed by atoms with E-state index < -0.39 is 0 Å². The second kappa shape index (κ2) is 17.5. The van der Waals surface area contributed by atoms with Crippen molar-refractivity contribution < 1.29 is 0 Å². The van der Waals surface area contributed by atoms with Gasteiger partial charge in [0.1, 0.15) is 0 Å². The predicted octanol–water partition coefficient (Wildman–Crippen LogP) is 15.0. The molecule has 4 nitrogen and oxygen atoms in total. The van der Waals surface area contributed by atoms with E-state index in [2.05, 4.69) is 229 Å². The van der Waals surface area contributed by atoms with E-state index in [4.69, 9.17) is 9.97 Å². The van der Waals surface area contributed by atoms with Crippen LogP contribution < -0.4 is 4.90 Å². The van der Waals surface area contributed by atoms with Gasteiger partial charge >= 0.3 is 0 Å². The lowest BCUT2D eigenvalue weighted by Gasteiger charge is -2.36. The van der Waals surface area contributed by atoms with Gasteiger partial charge in [-0.3, -0.25) is 0 Å². The molecule has 2 heterocycles. The Hall–Kier alpha value is -8.08. The monoisotopic (exact) mass is 810 g/mol. The Balaban J connectivity index is 1.04. The van der Waals surface area contributed by atoms with Crippen LogP contribution in [0.3, 0.4) is 0 Å². The molecule has 0 saturated heterocycles. The van der Waals surface area contributed by atoms with Gasteiger partial charge in [0.25, 0.3) is 0 Å². The van der Waals surface area contributed by atoms with Crippen LogP contribution in [0, 0.1) is 5.92 Å². The smallest absolute Gasteiger partial charge is 0.160 e. The van der Waals surface area contributed by atoms with Gasteiger partial charge in [0, 0.05) is 44.5 Å². The number of hydrogen-bond acceptors (Lipinski definition) is 3. The summed E-state index contributed by atoms with van der Waals surface area (Å²) in [4.78, 5) is 12.6. The molecule has 4 heteroatoms. The van der Waals surface area contributed by atoms with Crippen LogP contribution in [0.5, 0.6) is 0 Å². The van der Waals surface area contributed by atoms with Crippen LogP contribution in [0.1, 0.15) is 12.5 Å². The molecule has 9 aromatic rings. The minimum absolute atomic E-state index is 0.159. The number of allylic oxidation sites excluding steroid dienone is 5. The average Bonchev–Trinajstić information content (AvgIpc) is 3.68. The quantitative estimate of drug-likeness (QED) is 0.122. The Labute approximate surface area is 369 Å². The average molecular weight is 811 g/mol. The lowest BCUT2D eigenvalue weighted by Crippen LogP contribution is -2.37. The summed E-state index contributed by atoms with van der Waals surface area (Å²) in [6.07, 6.45) is 17.3.